The number of aromatic nitrogens is 3. The number of pyridine rings is 1. The number of carbonyl (C=O) groups is 1. The van der Waals surface area contributed by atoms with E-state index in [1.807, 2.05) is 0 Å². The summed E-state index contributed by atoms with van der Waals surface area (Å²) in [6.07, 6.45) is 4.76. The molecule has 3 aromatic rings. The normalized spacial score (nSPS) is 10.6. The zero-order chi connectivity index (χ0) is 17.1. The van der Waals surface area contributed by atoms with Crippen molar-refractivity contribution in [3.8, 4) is 5.69 Å². The number of nitrogens with one attached hydrogen (secondary N) is 1. The van der Waals surface area contributed by atoms with Gasteiger partial charge in [0.1, 0.15) is 17.3 Å². The minimum atomic E-state index is -0.385. The van der Waals surface area contributed by atoms with E-state index in [-0.39, 0.29) is 24.0 Å². The number of amides is 1. The molecular weight excluding hydrogens is 331 g/mol. The van der Waals surface area contributed by atoms with Crippen LogP contribution in [0.25, 0.3) is 5.69 Å². The van der Waals surface area contributed by atoms with Gasteiger partial charge in [-0.2, -0.15) is 0 Å². The second-order valence-electron chi connectivity index (χ2n) is 5.17. The van der Waals surface area contributed by atoms with Crippen LogP contribution in [0.2, 0.25) is 5.02 Å². The van der Waals surface area contributed by atoms with Crippen LogP contribution in [0.1, 0.15) is 21.9 Å². The van der Waals surface area contributed by atoms with Gasteiger partial charge in [0.25, 0.3) is 5.91 Å². The molecule has 3 rings (SSSR count). The number of hydrogen-bond acceptors (Lipinski definition) is 3. The fourth-order valence-corrected chi connectivity index (χ4v) is 2.45. The third kappa shape index (κ3) is 3.44. The number of aryl methyl sites for hydroxylation is 1. The summed E-state index contributed by atoms with van der Waals surface area (Å²) in [5.41, 5.74) is 1.27. The number of nitrogens with zero attached hydrogens (tertiary/aromatic N) is 3. The van der Waals surface area contributed by atoms with E-state index in [9.17, 15) is 9.18 Å². The molecule has 0 saturated carbocycles. The quantitative estimate of drug-likeness (QED) is 0.790. The maximum Gasteiger partial charge on any atom is 0.270 e. The van der Waals surface area contributed by atoms with Crippen molar-refractivity contribution in [3.63, 3.8) is 0 Å². The number of hydrogen-bond donors (Lipinski definition) is 1. The van der Waals surface area contributed by atoms with E-state index < -0.39 is 0 Å². The van der Waals surface area contributed by atoms with Crippen LogP contribution in [-0.2, 0) is 6.54 Å². The van der Waals surface area contributed by atoms with Crippen LogP contribution >= 0.6 is 11.6 Å². The van der Waals surface area contributed by atoms with Gasteiger partial charge in [0.2, 0.25) is 0 Å². The molecule has 7 heteroatoms. The number of rotatable bonds is 4. The van der Waals surface area contributed by atoms with Crippen molar-refractivity contribution >= 4 is 17.5 Å². The van der Waals surface area contributed by atoms with Crippen molar-refractivity contribution in [1.29, 1.82) is 0 Å². The van der Waals surface area contributed by atoms with Crippen molar-refractivity contribution in [2.24, 2.45) is 0 Å². The summed E-state index contributed by atoms with van der Waals surface area (Å²) in [7, 11) is 0. The maximum absolute atomic E-state index is 14.3. The molecule has 2 heterocycles. The van der Waals surface area contributed by atoms with Crippen LogP contribution in [0.15, 0.2) is 48.9 Å². The Bertz CT molecular complexity index is 894. The molecule has 1 N–H and O–H groups in total. The number of benzene rings is 1. The first-order valence-corrected chi connectivity index (χ1v) is 7.61. The molecule has 0 fully saturated rings. The number of imidazole rings is 1. The largest absolute Gasteiger partial charge is 0.347 e. The van der Waals surface area contributed by atoms with E-state index in [1.165, 1.54) is 18.3 Å². The highest BCUT2D eigenvalue weighted by atomic mass is 35.5. The van der Waals surface area contributed by atoms with Gasteiger partial charge >= 0.3 is 0 Å². The average Bonchev–Trinajstić information content (AvgIpc) is 2.98. The van der Waals surface area contributed by atoms with E-state index in [4.69, 9.17) is 11.6 Å². The molecule has 0 atom stereocenters. The van der Waals surface area contributed by atoms with Crippen LogP contribution in [0.5, 0.6) is 0 Å². The van der Waals surface area contributed by atoms with Crippen molar-refractivity contribution in [1.82, 2.24) is 19.9 Å². The zero-order valence-electron chi connectivity index (χ0n) is 12.8. The summed E-state index contributed by atoms with van der Waals surface area (Å²) in [5, 5.41) is 3.12. The summed E-state index contributed by atoms with van der Waals surface area (Å²) in [6, 6.07) is 7.86. The minimum absolute atomic E-state index is 0.188. The Kier molecular flexibility index (Phi) is 4.57. The highest BCUT2D eigenvalue weighted by Crippen LogP contribution is 2.17. The average molecular weight is 345 g/mol. The van der Waals surface area contributed by atoms with Gasteiger partial charge in [-0.05, 0) is 36.8 Å². The molecule has 0 spiro atoms. The van der Waals surface area contributed by atoms with Gasteiger partial charge in [-0.15, -0.1) is 0 Å². The molecule has 0 radical (unpaired) electrons. The lowest BCUT2D eigenvalue weighted by atomic mass is 10.2. The second-order valence-corrected chi connectivity index (χ2v) is 5.61. The summed E-state index contributed by atoms with van der Waals surface area (Å²) in [5.74, 6) is -0.0573. The Morgan fingerprint density at radius 1 is 1.25 bits per heavy atom. The summed E-state index contributed by atoms with van der Waals surface area (Å²) < 4.78 is 16.0. The second kappa shape index (κ2) is 6.80. The van der Waals surface area contributed by atoms with Gasteiger partial charge in [-0.25, -0.2) is 9.37 Å². The van der Waals surface area contributed by atoms with Gasteiger partial charge in [-0.1, -0.05) is 17.7 Å². The first kappa shape index (κ1) is 16.1. The Morgan fingerprint density at radius 2 is 2.08 bits per heavy atom. The monoisotopic (exact) mass is 344 g/mol. The van der Waals surface area contributed by atoms with Crippen molar-refractivity contribution < 1.29 is 9.18 Å². The van der Waals surface area contributed by atoms with E-state index in [0.717, 1.165) is 0 Å². The molecule has 0 unspecified atom stereocenters. The third-order valence-corrected chi connectivity index (χ3v) is 3.74. The lowest BCUT2D eigenvalue weighted by Gasteiger charge is -2.09. The van der Waals surface area contributed by atoms with E-state index in [1.54, 1.807) is 42.1 Å². The molecule has 0 bridgehead atoms. The van der Waals surface area contributed by atoms with E-state index >= 15 is 0 Å². The number of carbonyl (C=O) groups excluding carboxylic acids is 1. The van der Waals surface area contributed by atoms with Crippen LogP contribution < -0.4 is 5.32 Å². The Balaban J connectivity index is 1.71. The van der Waals surface area contributed by atoms with Gasteiger partial charge < -0.3 is 9.88 Å². The molecule has 1 aromatic carbocycles. The topological polar surface area (TPSA) is 59.8 Å². The Hall–Kier alpha value is -2.73. The van der Waals surface area contributed by atoms with Gasteiger partial charge in [0, 0.05) is 30.2 Å². The molecule has 0 saturated heterocycles. The van der Waals surface area contributed by atoms with E-state index in [0.29, 0.717) is 22.1 Å². The first-order chi connectivity index (χ1) is 11.5. The molecule has 2 aromatic heterocycles. The van der Waals surface area contributed by atoms with Crippen molar-refractivity contribution in [2.45, 2.75) is 13.5 Å². The third-order valence-electron chi connectivity index (χ3n) is 3.51. The fourth-order valence-electron chi connectivity index (χ4n) is 2.29. The van der Waals surface area contributed by atoms with Crippen molar-refractivity contribution in [2.75, 3.05) is 0 Å². The van der Waals surface area contributed by atoms with Gasteiger partial charge in [0.05, 0.1) is 5.69 Å². The summed E-state index contributed by atoms with van der Waals surface area (Å²) >= 11 is 5.83. The zero-order valence-corrected chi connectivity index (χ0v) is 13.6. The highest BCUT2D eigenvalue weighted by Gasteiger charge is 2.10. The molecule has 122 valence electrons. The minimum Gasteiger partial charge on any atom is -0.347 e. The maximum atomic E-state index is 14.3. The van der Waals surface area contributed by atoms with E-state index in [2.05, 4.69) is 15.3 Å². The molecule has 0 aliphatic heterocycles. The van der Waals surface area contributed by atoms with Gasteiger partial charge in [-0.3, -0.25) is 9.78 Å². The lowest BCUT2D eigenvalue weighted by molar-refractivity contribution is 0.0946. The molecule has 24 heavy (non-hydrogen) atoms. The van der Waals surface area contributed by atoms with Crippen molar-refractivity contribution in [3.05, 3.63) is 76.8 Å². The predicted octanol–water partition coefficient (Wildman–Crippen LogP) is 3.30. The van der Waals surface area contributed by atoms with Gasteiger partial charge in [0.15, 0.2) is 0 Å². The molecule has 0 aliphatic rings. The standard InChI is InChI=1S/C17H14ClFN4O/c1-11-20-6-7-23(11)16-3-2-12(8-14(16)19)10-22-17(24)15-9-13(18)4-5-21-15/h2-9H,10H2,1H3,(H,22,24). The molecular formula is C17H14ClFN4O. The summed E-state index contributed by atoms with van der Waals surface area (Å²) in [6.45, 7) is 1.98. The fraction of sp³-hybridized carbons (Fsp3) is 0.118. The van der Waals surface area contributed by atoms with Crippen LogP contribution in [0.3, 0.4) is 0 Å². The lowest BCUT2D eigenvalue weighted by Crippen LogP contribution is -2.23. The summed E-state index contributed by atoms with van der Waals surface area (Å²) in [4.78, 5) is 20.0. The Morgan fingerprint density at radius 3 is 2.75 bits per heavy atom. The highest BCUT2D eigenvalue weighted by molar-refractivity contribution is 6.30. The first-order valence-electron chi connectivity index (χ1n) is 7.23. The Labute approximate surface area is 143 Å². The van der Waals surface area contributed by atoms with Crippen LogP contribution in [0.4, 0.5) is 4.39 Å². The molecule has 0 aliphatic carbocycles. The van der Waals surface area contributed by atoms with Crippen LogP contribution in [-0.4, -0.2) is 20.4 Å². The molecule has 1 amide bonds. The number of halogens is 2. The predicted molar refractivity (Wildman–Crippen MR) is 88.7 cm³/mol. The van der Waals surface area contributed by atoms with Crippen LogP contribution in [0, 0.1) is 12.7 Å². The molecule has 5 nitrogen and oxygen atoms in total. The smallest absolute Gasteiger partial charge is 0.270 e. The SMILES string of the molecule is Cc1nccn1-c1ccc(CNC(=O)c2cc(Cl)ccn2)cc1F.